The minimum Gasteiger partial charge on any atom is -0.450 e. The molecule has 134 valence electrons. The standard InChI is InChI=1S/C13H14Br2Cl3N3O2S/c1-3-23-12(22)21-10(13(16,17)18)20-11(24)19-9-6(2)4-7(14)5-8(9)15/h4-5,10H,3H2,1-2H3,(H,21,22)(H2,19,20,24)/t10-/m1/s1. The maximum atomic E-state index is 11.6. The Balaban J connectivity index is 2.84. The summed E-state index contributed by atoms with van der Waals surface area (Å²) in [5.74, 6) is 0. The number of hydrogen-bond acceptors (Lipinski definition) is 3. The topological polar surface area (TPSA) is 62.4 Å². The molecule has 1 rings (SSSR count). The highest BCUT2D eigenvalue weighted by Crippen LogP contribution is 2.31. The van der Waals surface area contributed by atoms with Crippen molar-refractivity contribution in [3.8, 4) is 0 Å². The van der Waals surface area contributed by atoms with E-state index in [1.54, 1.807) is 6.92 Å². The highest BCUT2D eigenvalue weighted by molar-refractivity contribution is 9.11. The quantitative estimate of drug-likeness (QED) is 0.276. The number of carbonyl (C=O) groups excluding carboxylic acids is 1. The first kappa shape index (κ1) is 22.1. The average molecular weight is 543 g/mol. The molecule has 1 aromatic rings. The van der Waals surface area contributed by atoms with Crippen LogP contribution in [0.4, 0.5) is 10.5 Å². The first-order valence-electron chi connectivity index (χ1n) is 6.57. The van der Waals surface area contributed by atoms with Crippen LogP contribution >= 0.6 is 78.9 Å². The minimum atomic E-state index is -1.84. The van der Waals surface area contributed by atoms with E-state index in [1.165, 1.54) is 0 Å². The average Bonchev–Trinajstić information content (AvgIpc) is 2.41. The van der Waals surface area contributed by atoms with Gasteiger partial charge in [0.15, 0.2) is 11.3 Å². The van der Waals surface area contributed by atoms with Gasteiger partial charge in [-0.3, -0.25) is 5.32 Å². The van der Waals surface area contributed by atoms with E-state index in [-0.39, 0.29) is 11.7 Å². The van der Waals surface area contributed by atoms with Gasteiger partial charge >= 0.3 is 6.09 Å². The molecule has 1 amide bonds. The van der Waals surface area contributed by atoms with Crippen LogP contribution < -0.4 is 16.0 Å². The molecule has 24 heavy (non-hydrogen) atoms. The smallest absolute Gasteiger partial charge is 0.408 e. The Morgan fingerprint density at radius 3 is 2.46 bits per heavy atom. The SMILES string of the molecule is CCOC(=O)N[C@@H](NC(=S)Nc1c(C)cc(Br)cc1Br)C(Cl)(Cl)Cl. The maximum absolute atomic E-state index is 11.6. The number of aryl methyl sites for hydroxylation is 1. The fourth-order valence-electron chi connectivity index (χ4n) is 1.63. The lowest BCUT2D eigenvalue weighted by Crippen LogP contribution is -2.56. The molecule has 0 aliphatic rings. The van der Waals surface area contributed by atoms with Crippen LogP contribution in [0.2, 0.25) is 0 Å². The first-order chi connectivity index (χ1) is 11.0. The number of ether oxygens (including phenoxy) is 1. The van der Waals surface area contributed by atoms with E-state index in [1.807, 2.05) is 19.1 Å². The lowest BCUT2D eigenvalue weighted by atomic mass is 10.2. The van der Waals surface area contributed by atoms with Crippen molar-refractivity contribution in [2.24, 2.45) is 0 Å². The molecule has 0 aliphatic carbocycles. The Morgan fingerprint density at radius 1 is 1.33 bits per heavy atom. The molecule has 1 aromatic carbocycles. The normalized spacial score (nSPS) is 12.3. The third-order valence-electron chi connectivity index (χ3n) is 2.63. The molecule has 0 saturated heterocycles. The Kier molecular flexibility index (Phi) is 8.85. The predicted molar refractivity (Wildman–Crippen MR) is 110 cm³/mol. The zero-order chi connectivity index (χ0) is 18.5. The van der Waals surface area contributed by atoms with Gasteiger partial charge in [-0.15, -0.1) is 0 Å². The second kappa shape index (κ2) is 9.64. The fraction of sp³-hybridized carbons (Fsp3) is 0.385. The summed E-state index contributed by atoms with van der Waals surface area (Å²) in [5, 5.41) is 8.30. The number of amides is 1. The molecule has 0 heterocycles. The fourth-order valence-corrected chi connectivity index (χ4v) is 3.72. The van der Waals surface area contributed by atoms with Crippen molar-refractivity contribution in [2.75, 3.05) is 11.9 Å². The first-order valence-corrected chi connectivity index (χ1v) is 9.70. The van der Waals surface area contributed by atoms with E-state index in [4.69, 9.17) is 51.8 Å². The summed E-state index contributed by atoms with van der Waals surface area (Å²) in [6, 6.07) is 3.78. The molecule has 0 unspecified atom stereocenters. The molecule has 0 bridgehead atoms. The number of alkyl halides is 3. The van der Waals surface area contributed by atoms with E-state index >= 15 is 0 Å². The van der Waals surface area contributed by atoms with Crippen LogP contribution in [-0.4, -0.2) is 27.8 Å². The molecule has 0 aliphatic heterocycles. The molecular formula is C13H14Br2Cl3N3O2S. The molecular weight excluding hydrogens is 528 g/mol. The zero-order valence-corrected chi connectivity index (χ0v) is 18.8. The van der Waals surface area contributed by atoms with Gasteiger partial charge in [0, 0.05) is 8.95 Å². The molecule has 11 heteroatoms. The number of carbonyl (C=O) groups is 1. The number of benzene rings is 1. The van der Waals surface area contributed by atoms with Gasteiger partial charge in [-0.05, 0) is 59.7 Å². The van der Waals surface area contributed by atoms with Crippen molar-refractivity contribution >= 4 is 95.8 Å². The van der Waals surface area contributed by atoms with Crippen molar-refractivity contribution in [3.63, 3.8) is 0 Å². The Bertz CT molecular complexity index is 606. The monoisotopic (exact) mass is 539 g/mol. The van der Waals surface area contributed by atoms with Crippen molar-refractivity contribution in [3.05, 3.63) is 26.6 Å². The molecule has 0 spiro atoms. The van der Waals surface area contributed by atoms with Gasteiger partial charge in [0.1, 0.15) is 0 Å². The number of anilines is 1. The van der Waals surface area contributed by atoms with E-state index in [2.05, 4.69) is 47.8 Å². The van der Waals surface area contributed by atoms with Gasteiger partial charge in [-0.1, -0.05) is 50.7 Å². The summed E-state index contributed by atoms with van der Waals surface area (Å²) in [5.41, 5.74) is 1.68. The Hall–Kier alpha value is 0.0100. The van der Waals surface area contributed by atoms with Gasteiger partial charge in [0.2, 0.25) is 3.79 Å². The lowest BCUT2D eigenvalue weighted by Gasteiger charge is -2.27. The van der Waals surface area contributed by atoms with E-state index in [0.717, 1.165) is 20.2 Å². The second-order valence-corrected chi connectivity index (χ2v) is 9.06. The number of thiocarbonyl (C=S) groups is 1. The van der Waals surface area contributed by atoms with Crippen LogP contribution in [0.25, 0.3) is 0 Å². The summed E-state index contributed by atoms with van der Waals surface area (Å²) in [4.78, 5) is 11.6. The molecule has 0 radical (unpaired) electrons. The van der Waals surface area contributed by atoms with E-state index < -0.39 is 16.1 Å². The lowest BCUT2D eigenvalue weighted by molar-refractivity contribution is 0.147. The van der Waals surface area contributed by atoms with Crippen molar-refractivity contribution in [2.45, 2.75) is 23.8 Å². The van der Waals surface area contributed by atoms with Crippen LogP contribution in [0.15, 0.2) is 21.1 Å². The zero-order valence-electron chi connectivity index (χ0n) is 12.6. The second-order valence-electron chi connectivity index (χ2n) is 4.52. The van der Waals surface area contributed by atoms with Crippen LogP contribution in [-0.2, 0) is 4.74 Å². The Labute approximate surface area is 177 Å². The van der Waals surface area contributed by atoms with E-state index in [0.29, 0.717) is 0 Å². The number of hydrogen-bond donors (Lipinski definition) is 3. The van der Waals surface area contributed by atoms with Crippen LogP contribution in [0.1, 0.15) is 12.5 Å². The summed E-state index contributed by atoms with van der Waals surface area (Å²) >= 11 is 29.7. The van der Waals surface area contributed by atoms with Gasteiger partial charge in [-0.25, -0.2) is 4.79 Å². The maximum Gasteiger partial charge on any atom is 0.408 e. The van der Waals surface area contributed by atoms with Crippen LogP contribution in [0, 0.1) is 6.92 Å². The van der Waals surface area contributed by atoms with Crippen molar-refractivity contribution < 1.29 is 9.53 Å². The molecule has 0 fully saturated rings. The largest absolute Gasteiger partial charge is 0.450 e. The van der Waals surface area contributed by atoms with Crippen LogP contribution in [0.3, 0.4) is 0 Å². The summed E-state index contributed by atoms with van der Waals surface area (Å²) in [6.45, 7) is 3.76. The van der Waals surface area contributed by atoms with Gasteiger partial charge in [0.05, 0.1) is 12.3 Å². The van der Waals surface area contributed by atoms with E-state index in [9.17, 15) is 4.79 Å². The third kappa shape index (κ3) is 7.09. The summed E-state index contributed by atoms with van der Waals surface area (Å²) in [7, 11) is 0. The molecule has 1 atom stereocenters. The number of alkyl carbamates (subject to hydrolysis) is 1. The third-order valence-corrected chi connectivity index (χ3v) is 4.59. The van der Waals surface area contributed by atoms with Crippen LogP contribution in [0.5, 0.6) is 0 Å². The number of rotatable bonds is 4. The summed E-state index contributed by atoms with van der Waals surface area (Å²) in [6.07, 6.45) is -1.82. The van der Waals surface area contributed by atoms with Gasteiger partial charge in [0.25, 0.3) is 0 Å². The van der Waals surface area contributed by atoms with Crippen molar-refractivity contribution in [1.82, 2.24) is 10.6 Å². The summed E-state index contributed by atoms with van der Waals surface area (Å²) < 4.78 is 4.64. The molecule has 5 nitrogen and oxygen atoms in total. The molecule has 3 N–H and O–H groups in total. The Morgan fingerprint density at radius 2 is 1.96 bits per heavy atom. The highest BCUT2D eigenvalue weighted by Gasteiger charge is 2.35. The molecule has 0 saturated carbocycles. The number of halogens is 5. The molecule has 0 aromatic heterocycles. The van der Waals surface area contributed by atoms with Gasteiger partial charge in [-0.2, -0.15) is 0 Å². The number of nitrogens with one attached hydrogen (secondary N) is 3. The minimum absolute atomic E-state index is 0.161. The van der Waals surface area contributed by atoms with Crippen molar-refractivity contribution in [1.29, 1.82) is 0 Å². The highest BCUT2D eigenvalue weighted by atomic mass is 79.9. The predicted octanol–water partition coefficient (Wildman–Crippen LogP) is 5.25. The van der Waals surface area contributed by atoms with Gasteiger partial charge < -0.3 is 15.4 Å².